The average Bonchev–Trinajstić information content (AvgIpc) is 2.89. The Morgan fingerprint density at radius 2 is 1.77 bits per heavy atom. The second kappa shape index (κ2) is 7.97. The Kier molecular flexibility index (Phi) is 5.74. The van der Waals surface area contributed by atoms with Crippen LogP contribution in [0.5, 0.6) is 0 Å². The zero-order valence-corrected chi connectivity index (χ0v) is 17.7. The number of imide groups is 1. The molecule has 0 aromatic heterocycles. The molecular weight excluding hydrogens is 482 g/mol. The van der Waals surface area contributed by atoms with E-state index < -0.39 is 40.3 Å². The molecule has 0 spiro atoms. The van der Waals surface area contributed by atoms with Crippen LogP contribution >= 0.6 is 15.9 Å². The van der Waals surface area contributed by atoms with Gasteiger partial charge in [0, 0.05) is 17.2 Å². The first kappa shape index (κ1) is 21.6. The van der Waals surface area contributed by atoms with Gasteiger partial charge >= 0.3 is 5.97 Å². The first-order valence-corrected chi connectivity index (χ1v) is 10.6. The quantitative estimate of drug-likeness (QED) is 0.465. The van der Waals surface area contributed by atoms with Gasteiger partial charge in [-0.2, -0.15) is 0 Å². The summed E-state index contributed by atoms with van der Waals surface area (Å²) in [5.74, 6) is -2.57. The summed E-state index contributed by atoms with van der Waals surface area (Å²) in [5.41, 5.74) is 0.496. The van der Waals surface area contributed by atoms with E-state index in [9.17, 15) is 27.6 Å². The molecule has 0 saturated heterocycles. The lowest BCUT2D eigenvalue weighted by Gasteiger charge is -2.09. The third kappa shape index (κ3) is 4.25. The number of hydrogen-bond acceptors (Lipinski definition) is 7. The smallest absolute Gasteiger partial charge is 0.339 e. The normalized spacial score (nSPS) is 13.2. The number of carbonyl (C=O) groups excluding carboxylic acids is 4. The van der Waals surface area contributed by atoms with E-state index in [1.807, 2.05) is 0 Å². The molecule has 1 aliphatic rings. The lowest BCUT2D eigenvalue weighted by atomic mass is 10.1. The van der Waals surface area contributed by atoms with Crippen LogP contribution < -0.4 is 10.5 Å². The van der Waals surface area contributed by atoms with Gasteiger partial charge in [-0.15, -0.1) is 0 Å². The molecule has 3 amide bonds. The molecule has 0 aliphatic carbocycles. The standard InChI is InChI=1S/C18H14BrN3O7S/c1-22-16(24)11-4-2-9(6-12(11)17(22)25)21-15(23)8-29-18(26)13-7-10(30(20,27)28)3-5-14(13)19/h2-7H,8H2,1H3,(H,21,23)(H2,20,27,28). The molecule has 12 heteroatoms. The van der Waals surface area contributed by atoms with Gasteiger partial charge in [-0.05, 0) is 52.3 Å². The van der Waals surface area contributed by atoms with Crippen molar-refractivity contribution in [1.82, 2.24) is 4.90 Å². The molecular formula is C18H14BrN3O7S. The van der Waals surface area contributed by atoms with Crippen molar-refractivity contribution in [1.29, 1.82) is 0 Å². The zero-order valence-electron chi connectivity index (χ0n) is 15.3. The SMILES string of the molecule is CN1C(=O)c2ccc(NC(=O)COC(=O)c3cc(S(N)(=O)=O)ccc3Br)cc2C1=O. The topological polar surface area (TPSA) is 153 Å². The molecule has 0 unspecified atom stereocenters. The van der Waals surface area contributed by atoms with Gasteiger partial charge in [-0.25, -0.2) is 18.4 Å². The first-order chi connectivity index (χ1) is 14.0. The second-order valence-corrected chi connectivity index (χ2v) is 8.66. The van der Waals surface area contributed by atoms with E-state index in [0.717, 1.165) is 11.0 Å². The highest BCUT2D eigenvalue weighted by Crippen LogP contribution is 2.25. The Hall–Kier alpha value is -3.09. The van der Waals surface area contributed by atoms with Crippen LogP contribution in [-0.2, 0) is 19.6 Å². The van der Waals surface area contributed by atoms with Crippen molar-refractivity contribution in [3.8, 4) is 0 Å². The minimum Gasteiger partial charge on any atom is -0.452 e. The van der Waals surface area contributed by atoms with Crippen molar-refractivity contribution >= 4 is 55.3 Å². The van der Waals surface area contributed by atoms with Gasteiger partial charge in [0.15, 0.2) is 6.61 Å². The molecule has 0 saturated carbocycles. The predicted molar refractivity (Wildman–Crippen MR) is 107 cm³/mol. The van der Waals surface area contributed by atoms with Crippen molar-refractivity contribution in [2.24, 2.45) is 5.14 Å². The number of rotatable bonds is 5. The predicted octanol–water partition coefficient (Wildman–Crippen LogP) is 1.12. The lowest BCUT2D eigenvalue weighted by molar-refractivity contribution is -0.119. The molecule has 30 heavy (non-hydrogen) atoms. The number of nitrogens with one attached hydrogen (secondary N) is 1. The van der Waals surface area contributed by atoms with Crippen LogP contribution in [0.1, 0.15) is 31.1 Å². The first-order valence-electron chi connectivity index (χ1n) is 8.25. The molecule has 0 fully saturated rings. The second-order valence-electron chi connectivity index (χ2n) is 6.24. The number of benzene rings is 2. The number of nitrogens with zero attached hydrogens (tertiary/aromatic N) is 1. The fraction of sp³-hybridized carbons (Fsp3) is 0.111. The number of fused-ring (bicyclic) bond motifs is 1. The third-order valence-corrected chi connectivity index (χ3v) is 5.80. The summed E-state index contributed by atoms with van der Waals surface area (Å²) in [5, 5.41) is 7.50. The van der Waals surface area contributed by atoms with Gasteiger partial charge < -0.3 is 10.1 Å². The summed E-state index contributed by atoms with van der Waals surface area (Å²) in [6.07, 6.45) is 0. The van der Waals surface area contributed by atoms with Crippen molar-refractivity contribution in [2.45, 2.75) is 4.90 Å². The molecule has 10 nitrogen and oxygen atoms in total. The molecule has 1 aliphatic heterocycles. The average molecular weight is 496 g/mol. The highest BCUT2D eigenvalue weighted by molar-refractivity contribution is 9.10. The number of halogens is 1. The van der Waals surface area contributed by atoms with Gasteiger partial charge in [0.25, 0.3) is 17.7 Å². The van der Waals surface area contributed by atoms with E-state index >= 15 is 0 Å². The van der Waals surface area contributed by atoms with Crippen LogP contribution in [0.2, 0.25) is 0 Å². The number of ether oxygens (including phenoxy) is 1. The largest absolute Gasteiger partial charge is 0.452 e. The third-order valence-electron chi connectivity index (χ3n) is 4.19. The minimum absolute atomic E-state index is 0.126. The van der Waals surface area contributed by atoms with Crippen LogP contribution in [0.15, 0.2) is 45.8 Å². The van der Waals surface area contributed by atoms with Crippen molar-refractivity contribution in [3.05, 3.63) is 57.6 Å². The van der Waals surface area contributed by atoms with Gasteiger partial charge in [0.1, 0.15) is 0 Å². The maximum atomic E-state index is 12.2. The van der Waals surface area contributed by atoms with E-state index in [-0.39, 0.29) is 31.7 Å². The molecule has 1 heterocycles. The summed E-state index contributed by atoms with van der Waals surface area (Å²) < 4.78 is 28.0. The van der Waals surface area contributed by atoms with E-state index in [2.05, 4.69) is 21.2 Å². The maximum Gasteiger partial charge on any atom is 0.339 e. The zero-order chi connectivity index (χ0) is 22.2. The van der Waals surface area contributed by atoms with Crippen molar-refractivity contribution < 1.29 is 32.3 Å². The van der Waals surface area contributed by atoms with Crippen molar-refractivity contribution in [3.63, 3.8) is 0 Å². The van der Waals surface area contributed by atoms with E-state index in [4.69, 9.17) is 9.88 Å². The number of carbonyl (C=O) groups is 4. The van der Waals surface area contributed by atoms with Crippen LogP contribution in [0.3, 0.4) is 0 Å². The van der Waals surface area contributed by atoms with E-state index in [0.29, 0.717) is 0 Å². The van der Waals surface area contributed by atoms with Gasteiger partial charge in [0.2, 0.25) is 10.0 Å². The summed E-state index contributed by atoms with van der Waals surface area (Å²) in [6.45, 7) is -0.672. The molecule has 2 aromatic rings. The highest BCUT2D eigenvalue weighted by Gasteiger charge is 2.32. The molecule has 3 rings (SSSR count). The summed E-state index contributed by atoms with van der Waals surface area (Å²) in [6, 6.07) is 7.76. The Balaban J connectivity index is 1.67. The number of sulfonamides is 1. The number of amides is 3. The van der Waals surface area contributed by atoms with Crippen LogP contribution in [-0.4, -0.2) is 50.7 Å². The maximum absolute atomic E-state index is 12.2. The van der Waals surface area contributed by atoms with Gasteiger partial charge in [-0.1, -0.05) is 0 Å². The van der Waals surface area contributed by atoms with Gasteiger partial charge in [0.05, 0.1) is 21.6 Å². The lowest BCUT2D eigenvalue weighted by Crippen LogP contribution is -2.24. The molecule has 156 valence electrons. The van der Waals surface area contributed by atoms with Crippen molar-refractivity contribution in [2.75, 3.05) is 19.0 Å². The van der Waals surface area contributed by atoms with Crippen LogP contribution in [0.25, 0.3) is 0 Å². The highest BCUT2D eigenvalue weighted by atomic mass is 79.9. The Morgan fingerprint density at radius 1 is 1.10 bits per heavy atom. The Bertz CT molecular complexity index is 1210. The fourth-order valence-electron chi connectivity index (χ4n) is 2.68. The summed E-state index contributed by atoms with van der Waals surface area (Å²) in [4.78, 5) is 48.9. The fourth-order valence-corrected chi connectivity index (χ4v) is 3.63. The number of esters is 1. The van der Waals surface area contributed by atoms with Crippen LogP contribution in [0, 0.1) is 0 Å². The summed E-state index contributed by atoms with van der Waals surface area (Å²) >= 11 is 3.10. The van der Waals surface area contributed by atoms with Crippen LogP contribution in [0.4, 0.5) is 5.69 Å². The number of anilines is 1. The molecule has 3 N–H and O–H groups in total. The number of nitrogens with two attached hydrogens (primary N) is 1. The summed E-state index contributed by atoms with van der Waals surface area (Å²) in [7, 11) is -2.68. The monoisotopic (exact) mass is 495 g/mol. The van der Waals surface area contributed by atoms with E-state index in [1.54, 1.807) is 0 Å². The molecule has 0 radical (unpaired) electrons. The number of primary sulfonamides is 1. The molecule has 0 atom stereocenters. The molecule has 2 aromatic carbocycles. The minimum atomic E-state index is -4.03. The molecule has 0 bridgehead atoms. The Morgan fingerprint density at radius 3 is 2.43 bits per heavy atom. The Labute approximate surface area is 179 Å². The number of hydrogen-bond donors (Lipinski definition) is 2. The van der Waals surface area contributed by atoms with Gasteiger partial charge in [-0.3, -0.25) is 19.3 Å². The van der Waals surface area contributed by atoms with E-state index in [1.165, 1.54) is 37.4 Å².